The molecule has 0 unspecified atom stereocenters. The molecule has 29 heavy (non-hydrogen) atoms. The third-order valence-electron chi connectivity index (χ3n) is 4.84. The molecule has 0 spiro atoms. The molecule has 0 saturated heterocycles. The SMILES string of the molecule is CCC(C)(C)COc1ccc(Oc2ccc(OCC(C)(C)CN(C)C)cc2)cc1. The summed E-state index contributed by atoms with van der Waals surface area (Å²) in [7, 11) is 4.16. The van der Waals surface area contributed by atoms with Crippen molar-refractivity contribution in [1.82, 2.24) is 4.90 Å². The molecule has 0 fully saturated rings. The average molecular weight is 400 g/mol. The van der Waals surface area contributed by atoms with Crippen molar-refractivity contribution < 1.29 is 14.2 Å². The van der Waals surface area contributed by atoms with Crippen molar-refractivity contribution in [2.75, 3.05) is 33.9 Å². The third kappa shape index (κ3) is 8.36. The zero-order valence-electron chi connectivity index (χ0n) is 19.1. The van der Waals surface area contributed by atoms with E-state index in [0.29, 0.717) is 13.2 Å². The van der Waals surface area contributed by atoms with Gasteiger partial charge in [-0.05, 0) is 74.5 Å². The molecule has 0 aromatic heterocycles. The first-order valence-corrected chi connectivity index (χ1v) is 10.4. The van der Waals surface area contributed by atoms with Crippen molar-refractivity contribution in [1.29, 1.82) is 0 Å². The van der Waals surface area contributed by atoms with Crippen LogP contribution in [0.3, 0.4) is 0 Å². The van der Waals surface area contributed by atoms with Crippen molar-refractivity contribution in [3.8, 4) is 23.0 Å². The lowest BCUT2D eigenvalue weighted by molar-refractivity contribution is 0.141. The zero-order chi connectivity index (χ0) is 21.5. The van der Waals surface area contributed by atoms with E-state index in [0.717, 1.165) is 36.0 Å². The normalized spacial score (nSPS) is 12.1. The maximum Gasteiger partial charge on any atom is 0.127 e. The van der Waals surface area contributed by atoms with Crippen molar-refractivity contribution in [3.63, 3.8) is 0 Å². The fourth-order valence-electron chi connectivity index (χ4n) is 2.91. The second-order valence-corrected chi connectivity index (χ2v) is 9.54. The van der Waals surface area contributed by atoms with Crippen LogP contribution in [0.15, 0.2) is 48.5 Å². The molecule has 0 bridgehead atoms. The van der Waals surface area contributed by atoms with Gasteiger partial charge in [0.05, 0.1) is 13.2 Å². The van der Waals surface area contributed by atoms with Crippen LogP contribution in [0.4, 0.5) is 0 Å². The number of nitrogens with zero attached hydrogens (tertiary/aromatic N) is 1. The summed E-state index contributed by atoms with van der Waals surface area (Å²) in [5, 5.41) is 0. The highest BCUT2D eigenvalue weighted by atomic mass is 16.5. The molecule has 4 heteroatoms. The standard InChI is InChI=1S/C25H37NO3/c1-8-24(2,3)18-27-20-9-13-22(14-10-20)29-23-15-11-21(12-16-23)28-19-25(4,5)17-26(6)7/h9-16H,8,17-19H2,1-7H3. The zero-order valence-corrected chi connectivity index (χ0v) is 19.1. The lowest BCUT2D eigenvalue weighted by atomic mass is 9.92. The predicted octanol–water partition coefficient (Wildman–Crippen LogP) is 6.26. The summed E-state index contributed by atoms with van der Waals surface area (Å²) in [5.74, 6) is 3.29. The summed E-state index contributed by atoms with van der Waals surface area (Å²) in [6.07, 6.45) is 1.08. The molecule has 0 aliphatic carbocycles. The Labute approximate surface area is 176 Å². The minimum absolute atomic E-state index is 0.0921. The van der Waals surface area contributed by atoms with E-state index in [1.807, 2.05) is 48.5 Å². The number of rotatable bonds is 11. The van der Waals surface area contributed by atoms with Gasteiger partial charge in [0.25, 0.3) is 0 Å². The summed E-state index contributed by atoms with van der Waals surface area (Å²) >= 11 is 0. The number of benzene rings is 2. The topological polar surface area (TPSA) is 30.9 Å². The molecule has 0 saturated carbocycles. The number of ether oxygens (including phenoxy) is 3. The highest BCUT2D eigenvalue weighted by molar-refractivity contribution is 5.37. The number of hydrogen-bond acceptors (Lipinski definition) is 4. The summed E-state index contributed by atoms with van der Waals surface area (Å²) in [6, 6.07) is 15.5. The maximum absolute atomic E-state index is 5.96. The molecular weight excluding hydrogens is 362 g/mol. The molecule has 0 aliphatic rings. The highest BCUT2D eigenvalue weighted by Gasteiger charge is 2.20. The second kappa shape index (κ2) is 10.0. The molecule has 0 N–H and O–H groups in total. The first-order valence-electron chi connectivity index (χ1n) is 10.4. The van der Waals surface area contributed by atoms with E-state index in [2.05, 4.69) is 53.6 Å². The lowest BCUT2D eigenvalue weighted by Gasteiger charge is -2.28. The van der Waals surface area contributed by atoms with Crippen molar-refractivity contribution in [3.05, 3.63) is 48.5 Å². The first kappa shape index (κ1) is 23.1. The van der Waals surface area contributed by atoms with Crippen LogP contribution in [-0.2, 0) is 0 Å². The molecular formula is C25H37NO3. The smallest absolute Gasteiger partial charge is 0.127 e. The van der Waals surface area contributed by atoms with Crippen molar-refractivity contribution >= 4 is 0 Å². The molecule has 2 rings (SSSR count). The summed E-state index contributed by atoms with van der Waals surface area (Å²) in [4.78, 5) is 2.18. The number of hydrogen-bond donors (Lipinski definition) is 0. The molecule has 0 radical (unpaired) electrons. The van der Waals surface area contributed by atoms with Crippen molar-refractivity contribution in [2.45, 2.75) is 41.0 Å². The van der Waals surface area contributed by atoms with E-state index < -0.39 is 0 Å². The van der Waals surface area contributed by atoms with Crippen LogP contribution in [0.5, 0.6) is 23.0 Å². The van der Waals surface area contributed by atoms with Crippen LogP contribution in [-0.4, -0.2) is 38.8 Å². The Bertz CT molecular complexity index is 734. The van der Waals surface area contributed by atoms with Crippen LogP contribution >= 0.6 is 0 Å². The molecule has 160 valence electrons. The Kier molecular flexibility index (Phi) is 7.97. The monoisotopic (exact) mass is 399 g/mol. The van der Waals surface area contributed by atoms with Gasteiger partial charge in [-0.2, -0.15) is 0 Å². The van der Waals surface area contributed by atoms with E-state index >= 15 is 0 Å². The lowest BCUT2D eigenvalue weighted by Crippen LogP contribution is -2.33. The Morgan fingerprint density at radius 3 is 1.41 bits per heavy atom. The molecule has 0 amide bonds. The van der Waals surface area contributed by atoms with Gasteiger partial charge >= 0.3 is 0 Å². The van der Waals surface area contributed by atoms with Crippen LogP contribution in [0.2, 0.25) is 0 Å². The van der Waals surface area contributed by atoms with Gasteiger partial charge in [0.2, 0.25) is 0 Å². The molecule has 2 aromatic carbocycles. The minimum Gasteiger partial charge on any atom is -0.493 e. The van der Waals surface area contributed by atoms with E-state index in [4.69, 9.17) is 14.2 Å². The van der Waals surface area contributed by atoms with Gasteiger partial charge in [0, 0.05) is 12.0 Å². The van der Waals surface area contributed by atoms with Gasteiger partial charge in [-0.25, -0.2) is 0 Å². The fourth-order valence-corrected chi connectivity index (χ4v) is 2.91. The molecule has 0 atom stereocenters. The Morgan fingerprint density at radius 1 is 0.655 bits per heavy atom. The quantitative estimate of drug-likeness (QED) is 0.446. The predicted molar refractivity (Wildman–Crippen MR) is 120 cm³/mol. The van der Waals surface area contributed by atoms with Crippen molar-refractivity contribution in [2.24, 2.45) is 10.8 Å². The van der Waals surface area contributed by atoms with Crippen LogP contribution in [0.25, 0.3) is 0 Å². The van der Waals surface area contributed by atoms with Gasteiger partial charge in [-0.15, -0.1) is 0 Å². The summed E-state index contributed by atoms with van der Waals surface area (Å²) in [5.41, 5.74) is 0.273. The Balaban J connectivity index is 1.86. The largest absolute Gasteiger partial charge is 0.493 e. The minimum atomic E-state index is 0.0921. The highest BCUT2D eigenvalue weighted by Crippen LogP contribution is 2.28. The second-order valence-electron chi connectivity index (χ2n) is 9.54. The van der Waals surface area contributed by atoms with E-state index in [1.165, 1.54) is 0 Å². The maximum atomic E-state index is 5.96. The Morgan fingerprint density at radius 2 is 1.03 bits per heavy atom. The molecule has 4 nitrogen and oxygen atoms in total. The fraction of sp³-hybridized carbons (Fsp3) is 0.520. The van der Waals surface area contributed by atoms with Crippen LogP contribution in [0.1, 0.15) is 41.0 Å². The van der Waals surface area contributed by atoms with Gasteiger partial charge in [-0.3, -0.25) is 0 Å². The van der Waals surface area contributed by atoms with E-state index in [9.17, 15) is 0 Å². The van der Waals surface area contributed by atoms with Crippen LogP contribution < -0.4 is 14.2 Å². The van der Waals surface area contributed by atoms with Gasteiger partial charge in [0.15, 0.2) is 0 Å². The third-order valence-corrected chi connectivity index (χ3v) is 4.84. The first-order chi connectivity index (χ1) is 13.6. The van der Waals surface area contributed by atoms with Gasteiger partial charge < -0.3 is 19.1 Å². The van der Waals surface area contributed by atoms with Crippen LogP contribution in [0, 0.1) is 10.8 Å². The van der Waals surface area contributed by atoms with Gasteiger partial charge in [0.1, 0.15) is 23.0 Å². The van der Waals surface area contributed by atoms with Gasteiger partial charge in [-0.1, -0.05) is 34.6 Å². The van der Waals surface area contributed by atoms with E-state index in [-0.39, 0.29) is 10.8 Å². The Hall–Kier alpha value is -2.20. The average Bonchev–Trinajstić information content (AvgIpc) is 2.66. The van der Waals surface area contributed by atoms with E-state index in [1.54, 1.807) is 0 Å². The summed E-state index contributed by atoms with van der Waals surface area (Å²) < 4.78 is 17.8. The molecule has 2 aromatic rings. The molecule has 0 heterocycles. The molecule has 0 aliphatic heterocycles. The summed E-state index contributed by atoms with van der Waals surface area (Å²) in [6.45, 7) is 13.4.